The lowest BCUT2D eigenvalue weighted by Crippen LogP contribution is -2.24. The summed E-state index contributed by atoms with van der Waals surface area (Å²) in [6.45, 7) is 0.871. The van der Waals surface area contributed by atoms with Gasteiger partial charge in [-0.15, -0.1) is 13.2 Å². The maximum atomic E-state index is 14.5. The average molecular weight is 528 g/mol. The van der Waals surface area contributed by atoms with Gasteiger partial charge in [-0.05, 0) is 42.3 Å². The molecule has 13 heteroatoms. The van der Waals surface area contributed by atoms with Crippen molar-refractivity contribution >= 4 is 5.83 Å². The molecule has 0 aliphatic carbocycles. The van der Waals surface area contributed by atoms with E-state index in [1.54, 1.807) is 0 Å². The first-order valence-corrected chi connectivity index (χ1v) is 9.53. The Hall–Kier alpha value is -3.77. The van der Waals surface area contributed by atoms with E-state index in [1.165, 1.54) is 0 Å². The van der Waals surface area contributed by atoms with Crippen LogP contribution in [-0.4, -0.2) is 6.36 Å². The summed E-state index contributed by atoms with van der Waals surface area (Å²) in [4.78, 5) is 0. The van der Waals surface area contributed by atoms with E-state index in [2.05, 4.69) is 9.47 Å². The third kappa shape index (κ3) is 5.89. The molecule has 0 saturated carbocycles. The van der Waals surface area contributed by atoms with Gasteiger partial charge in [0.05, 0.1) is 5.56 Å². The fraction of sp³-hybridized carbons (Fsp3) is 0.130. The second kappa shape index (κ2) is 9.70. The number of benzene rings is 3. The van der Waals surface area contributed by atoms with Crippen LogP contribution in [0.2, 0.25) is 0 Å². The van der Waals surface area contributed by atoms with E-state index in [4.69, 9.17) is 0 Å². The molecular formula is C23H11F11O2. The predicted octanol–water partition coefficient (Wildman–Crippen LogP) is 8.56. The van der Waals surface area contributed by atoms with Gasteiger partial charge in [0.15, 0.2) is 34.8 Å². The summed E-state index contributed by atoms with van der Waals surface area (Å²) >= 11 is 0. The van der Waals surface area contributed by atoms with Gasteiger partial charge in [-0.2, -0.15) is 8.78 Å². The molecule has 3 aromatic carbocycles. The van der Waals surface area contributed by atoms with Gasteiger partial charge in [0.25, 0.3) is 0 Å². The minimum absolute atomic E-state index is 0.0727. The van der Waals surface area contributed by atoms with Crippen LogP contribution in [0.5, 0.6) is 11.5 Å². The summed E-state index contributed by atoms with van der Waals surface area (Å²) in [5, 5.41) is 0. The van der Waals surface area contributed by atoms with E-state index in [9.17, 15) is 48.3 Å². The molecule has 0 fully saturated rings. The molecule has 0 aliphatic heterocycles. The molecule has 2 nitrogen and oxygen atoms in total. The Bertz CT molecular complexity index is 1260. The monoisotopic (exact) mass is 528 g/mol. The predicted molar refractivity (Wildman–Crippen MR) is 104 cm³/mol. The van der Waals surface area contributed by atoms with Crippen LogP contribution in [0, 0.1) is 23.3 Å². The smallest absolute Gasteiger partial charge is 0.423 e. The first kappa shape index (κ1) is 26.8. The third-order valence-corrected chi connectivity index (χ3v) is 4.55. The Morgan fingerprint density at radius 3 is 1.53 bits per heavy atom. The van der Waals surface area contributed by atoms with Crippen molar-refractivity contribution in [2.75, 3.05) is 0 Å². The number of ether oxygens (including phenoxy) is 2. The molecule has 0 N–H and O–H groups in total. The fourth-order valence-electron chi connectivity index (χ4n) is 2.96. The molecular weight excluding hydrogens is 517 g/mol. The molecule has 0 unspecified atom stereocenters. The molecule has 0 aromatic heterocycles. The Morgan fingerprint density at radius 2 is 1.08 bits per heavy atom. The average Bonchev–Trinajstić information content (AvgIpc) is 2.77. The topological polar surface area (TPSA) is 18.5 Å². The number of alkyl halides is 5. The van der Waals surface area contributed by atoms with Crippen molar-refractivity contribution in [1.29, 1.82) is 0 Å². The number of hydrogen-bond donors (Lipinski definition) is 0. The van der Waals surface area contributed by atoms with Crippen LogP contribution in [0.1, 0.15) is 18.1 Å². The molecule has 0 bridgehead atoms. The van der Waals surface area contributed by atoms with Gasteiger partial charge in [0, 0.05) is 5.56 Å². The minimum atomic E-state index is -5.53. The van der Waals surface area contributed by atoms with Gasteiger partial charge in [-0.25, -0.2) is 26.3 Å². The zero-order valence-corrected chi connectivity index (χ0v) is 17.6. The van der Waals surface area contributed by atoms with E-state index in [0.717, 1.165) is 31.2 Å². The standard InChI is InChI=1S/C23H11F11O2/c1-10(24)19(29)12-4-2-11(3-5-12)13-6-15(25)20(16(26)7-13)35-22(30,31)14-8-17(27)21(18(28)9-14)36-23(32,33)34/h2-9H,1H3/b19-10+. The maximum Gasteiger partial charge on any atom is 0.573 e. The van der Waals surface area contributed by atoms with E-state index in [1.807, 2.05) is 0 Å². The Morgan fingerprint density at radius 1 is 0.639 bits per heavy atom. The normalized spacial score (nSPS) is 12.9. The number of hydrogen-bond acceptors (Lipinski definition) is 2. The molecule has 0 heterocycles. The summed E-state index contributed by atoms with van der Waals surface area (Å²) in [5.74, 6) is -13.7. The molecule has 0 amide bonds. The largest absolute Gasteiger partial charge is 0.573 e. The molecule has 36 heavy (non-hydrogen) atoms. The quantitative estimate of drug-likeness (QED) is 0.299. The lowest BCUT2D eigenvalue weighted by Gasteiger charge is -2.20. The van der Waals surface area contributed by atoms with Gasteiger partial charge < -0.3 is 9.47 Å². The molecule has 0 spiro atoms. The fourth-order valence-corrected chi connectivity index (χ4v) is 2.96. The summed E-state index contributed by atoms with van der Waals surface area (Å²) < 4.78 is 156. The number of allylic oxidation sites excluding steroid dienone is 1. The highest BCUT2D eigenvalue weighted by atomic mass is 19.4. The zero-order valence-electron chi connectivity index (χ0n) is 17.6. The van der Waals surface area contributed by atoms with Crippen molar-refractivity contribution in [1.82, 2.24) is 0 Å². The van der Waals surface area contributed by atoms with Crippen molar-refractivity contribution in [2.45, 2.75) is 19.4 Å². The van der Waals surface area contributed by atoms with Gasteiger partial charge in [0.1, 0.15) is 5.83 Å². The van der Waals surface area contributed by atoms with Crippen LogP contribution < -0.4 is 9.47 Å². The van der Waals surface area contributed by atoms with Crippen LogP contribution in [0.4, 0.5) is 48.3 Å². The summed E-state index contributed by atoms with van der Waals surface area (Å²) in [6, 6.07) is 5.10. The van der Waals surface area contributed by atoms with E-state index in [0.29, 0.717) is 12.1 Å². The van der Waals surface area contributed by atoms with Gasteiger partial charge in [-0.1, -0.05) is 24.3 Å². The SMILES string of the molecule is C/C(F)=C(\F)c1ccc(-c2cc(F)c(OC(F)(F)c3cc(F)c(OC(F)(F)F)c(F)c3)c(F)c2)cc1. The summed E-state index contributed by atoms with van der Waals surface area (Å²) in [5.41, 5.74) is -2.03. The van der Waals surface area contributed by atoms with Crippen molar-refractivity contribution in [3.05, 3.63) is 88.8 Å². The summed E-state index contributed by atoms with van der Waals surface area (Å²) in [6.07, 6.45) is -10.3. The first-order chi connectivity index (χ1) is 16.6. The molecule has 3 rings (SSSR count). The van der Waals surface area contributed by atoms with E-state index >= 15 is 0 Å². The second-order valence-electron chi connectivity index (χ2n) is 7.13. The van der Waals surface area contributed by atoms with Crippen LogP contribution in [0.25, 0.3) is 17.0 Å². The highest BCUT2D eigenvalue weighted by molar-refractivity contribution is 5.69. The molecule has 0 radical (unpaired) electrons. The van der Waals surface area contributed by atoms with Crippen LogP contribution in [0.3, 0.4) is 0 Å². The third-order valence-electron chi connectivity index (χ3n) is 4.55. The van der Waals surface area contributed by atoms with Crippen molar-refractivity contribution < 1.29 is 57.8 Å². The van der Waals surface area contributed by atoms with Gasteiger partial charge in [-0.3, -0.25) is 0 Å². The number of halogens is 11. The van der Waals surface area contributed by atoms with Crippen LogP contribution >= 0.6 is 0 Å². The Kier molecular flexibility index (Phi) is 7.23. The Balaban J connectivity index is 1.91. The zero-order chi connectivity index (χ0) is 27.0. The molecule has 3 aromatic rings. The van der Waals surface area contributed by atoms with Crippen molar-refractivity contribution in [3.8, 4) is 22.6 Å². The molecule has 0 saturated heterocycles. The van der Waals surface area contributed by atoms with Crippen molar-refractivity contribution in [2.24, 2.45) is 0 Å². The van der Waals surface area contributed by atoms with Gasteiger partial charge >= 0.3 is 12.5 Å². The minimum Gasteiger partial charge on any atom is -0.423 e. The van der Waals surface area contributed by atoms with Gasteiger partial charge in [0.2, 0.25) is 5.75 Å². The number of rotatable bonds is 6. The molecule has 0 atom stereocenters. The second-order valence-corrected chi connectivity index (χ2v) is 7.13. The summed E-state index contributed by atoms with van der Waals surface area (Å²) in [7, 11) is 0. The first-order valence-electron chi connectivity index (χ1n) is 9.53. The van der Waals surface area contributed by atoms with E-state index in [-0.39, 0.29) is 28.8 Å². The van der Waals surface area contributed by atoms with E-state index < -0.39 is 64.5 Å². The lowest BCUT2D eigenvalue weighted by atomic mass is 10.0. The lowest BCUT2D eigenvalue weighted by molar-refractivity contribution is -0.276. The molecule has 0 aliphatic rings. The molecule has 192 valence electrons. The highest BCUT2D eigenvalue weighted by Gasteiger charge is 2.40. The maximum absolute atomic E-state index is 14.5. The van der Waals surface area contributed by atoms with Crippen molar-refractivity contribution in [3.63, 3.8) is 0 Å². The van der Waals surface area contributed by atoms with Crippen LogP contribution in [-0.2, 0) is 6.11 Å². The highest BCUT2D eigenvalue weighted by Crippen LogP contribution is 2.39. The van der Waals surface area contributed by atoms with Crippen LogP contribution in [0.15, 0.2) is 54.4 Å². The Labute approximate surface area is 195 Å².